The topological polar surface area (TPSA) is 67.3 Å². The molecule has 0 amide bonds. The number of rotatable bonds is 9. The average Bonchev–Trinajstić information content (AvgIpc) is 3.11. The van der Waals surface area contributed by atoms with Crippen LogP contribution in [0.2, 0.25) is 0 Å². The Morgan fingerprint density at radius 1 is 0.917 bits per heavy atom. The molecule has 0 aliphatic carbocycles. The van der Waals surface area contributed by atoms with E-state index in [4.69, 9.17) is 19.3 Å². The maximum atomic E-state index is 9.02. The van der Waals surface area contributed by atoms with Gasteiger partial charge in [-0.25, -0.2) is 0 Å². The molecule has 1 aromatic heterocycles. The standard InChI is InChI=1S/C29H35N3O4/c33-14-16-34-27-4-1-3-23(18-27)21-32-13-15-35-29-7-6-24(17-25(29)22-32)20-31-11-8-26(9-12-31)36-28-5-2-10-30-19-28/h1-7,10,17-19,26,33H,8-9,11-16,20-22H2. The van der Waals surface area contributed by atoms with Crippen LogP contribution in [0.3, 0.4) is 0 Å². The van der Waals surface area contributed by atoms with E-state index in [-0.39, 0.29) is 12.7 Å². The lowest BCUT2D eigenvalue weighted by Gasteiger charge is -2.32. The average molecular weight is 490 g/mol. The minimum Gasteiger partial charge on any atom is -0.492 e. The molecule has 2 aliphatic rings. The molecule has 2 aliphatic heterocycles. The summed E-state index contributed by atoms with van der Waals surface area (Å²) in [6.07, 6.45) is 5.87. The van der Waals surface area contributed by atoms with Crippen molar-refractivity contribution >= 4 is 0 Å². The highest BCUT2D eigenvalue weighted by Gasteiger charge is 2.22. The van der Waals surface area contributed by atoms with E-state index in [9.17, 15) is 0 Å². The van der Waals surface area contributed by atoms with Gasteiger partial charge in [0.2, 0.25) is 0 Å². The number of likely N-dealkylation sites (tertiary alicyclic amines) is 1. The van der Waals surface area contributed by atoms with Crippen LogP contribution in [-0.2, 0) is 19.6 Å². The summed E-state index contributed by atoms with van der Waals surface area (Å²) in [5, 5.41) is 9.02. The summed E-state index contributed by atoms with van der Waals surface area (Å²) >= 11 is 0. The lowest BCUT2D eigenvalue weighted by Crippen LogP contribution is -2.37. The van der Waals surface area contributed by atoms with E-state index in [2.05, 4.69) is 45.1 Å². The Morgan fingerprint density at radius 2 is 1.75 bits per heavy atom. The zero-order chi connectivity index (χ0) is 24.6. The van der Waals surface area contributed by atoms with Gasteiger partial charge >= 0.3 is 0 Å². The summed E-state index contributed by atoms with van der Waals surface area (Å²) < 4.78 is 17.8. The Bertz CT molecular complexity index is 1100. The second-order valence-electron chi connectivity index (χ2n) is 9.50. The maximum absolute atomic E-state index is 9.02. The van der Waals surface area contributed by atoms with Crippen LogP contribution in [0.1, 0.15) is 29.5 Å². The van der Waals surface area contributed by atoms with Gasteiger partial charge in [0, 0.05) is 51.0 Å². The van der Waals surface area contributed by atoms with Crippen LogP contribution >= 0.6 is 0 Å². The molecule has 0 spiro atoms. The molecule has 36 heavy (non-hydrogen) atoms. The van der Waals surface area contributed by atoms with E-state index in [1.807, 2.05) is 24.3 Å². The SMILES string of the molecule is OCCOc1cccc(CN2CCOc3ccc(CN4CCC(Oc5cccnc5)CC4)cc3C2)c1. The van der Waals surface area contributed by atoms with E-state index >= 15 is 0 Å². The number of hydrogen-bond acceptors (Lipinski definition) is 7. The Kier molecular flexibility index (Phi) is 8.33. The molecule has 5 rings (SSSR count). The summed E-state index contributed by atoms with van der Waals surface area (Å²) in [7, 11) is 0. The molecule has 190 valence electrons. The number of fused-ring (bicyclic) bond motifs is 1. The number of benzene rings is 2. The van der Waals surface area contributed by atoms with Gasteiger partial charge in [0.05, 0.1) is 12.8 Å². The second kappa shape index (κ2) is 12.2. The first kappa shape index (κ1) is 24.6. The van der Waals surface area contributed by atoms with Gasteiger partial charge in [-0.1, -0.05) is 18.2 Å². The number of ether oxygens (including phenoxy) is 3. The zero-order valence-corrected chi connectivity index (χ0v) is 20.7. The molecule has 0 saturated carbocycles. The fraction of sp³-hybridized carbons (Fsp3) is 0.414. The molecule has 1 N–H and O–H groups in total. The Morgan fingerprint density at radius 3 is 2.58 bits per heavy atom. The third-order valence-corrected chi connectivity index (χ3v) is 6.73. The highest BCUT2D eigenvalue weighted by atomic mass is 16.5. The number of piperidine rings is 1. The van der Waals surface area contributed by atoms with Crippen molar-refractivity contribution in [1.82, 2.24) is 14.8 Å². The van der Waals surface area contributed by atoms with Crippen LogP contribution in [-0.4, -0.2) is 65.4 Å². The van der Waals surface area contributed by atoms with Crippen LogP contribution in [0.4, 0.5) is 0 Å². The van der Waals surface area contributed by atoms with Crippen molar-refractivity contribution in [2.24, 2.45) is 0 Å². The molecule has 7 nitrogen and oxygen atoms in total. The summed E-state index contributed by atoms with van der Waals surface area (Å²) in [6, 6.07) is 18.7. The monoisotopic (exact) mass is 489 g/mol. The van der Waals surface area contributed by atoms with Gasteiger partial charge in [-0.2, -0.15) is 0 Å². The molecule has 1 fully saturated rings. The van der Waals surface area contributed by atoms with Gasteiger partial charge in [0.15, 0.2) is 0 Å². The maximum Gasteiger partial charge on any atom is 0.137 e. The van der Waals surface area contributed by atoms with Gasteiger partial charge in [-0.15, -0.1) is 0 Å². The predicted octanol–water partition coefficient (Wildman–Crippen LogP) is 3.89. The largest absolute Gasteiger partial charge is 0.492 e. The first-order valence-electron chi connectivity index (χ1n) is 12.8. The van der Waals surface area contributed by atoms with Crippen molar-refractivity contribution in [1.29, 1.82) is 0 Å². The smallest absolute Gasteiger partial charge is 0.137 e. The van der Waals surface area contributed by atoms with Crippen molar-refractivity contribution in [3.63, 3.8) is 0 Å². The number of aromatic nitrogens is 1. The first-order valence-corrected chi connectivity index (χ1v) is 12.8. The molecule has 0 radical (unpaired) electrons. The number of aliphatic hydroxyl groups excluding tert-OH is 1. The van der Waals surface area contributed by atoms with E-state index < -0.39 is 0 Å². The molecule has 2 aromatic carbocycles. The summed E-state index contributed by atoms with van der Waals surface area (Å²) in [4.78, 5) is 9.07. The number of hydrogen-bond donors (Lipinski definition) is 1. The fourth-order valence-corrected chi connectivity index (χ4v) is 4.94. The molecule has 3 heterocycles. The van der Waals surface area contributed by atoms with E-state index in [0.29, 0.717) is 13.2 Å². The number of aliphatic hydroxyl groups is 1. The minimum atomic E-state index is 0.0179. The van der Waals surface area contributed by atoms with Crippen molar-refractivity contribution in [3.8, 4) is 17.2 Å². The van der Waals surface area contributed by atoms with Crippen LogP contribution in [0, 0.1) is 0 Å². The molecular weight excluding hydrogens is 454 g/mol. The van der Waals surface area contributed by atoms with Gasteiger partial charge in [-0.05, 0) is 60.4 Å². The van der Waals surface area contributed by atoms with Gasteiger partial charge in [-0.3, -0.25) is 14.8 Å². The van der Waals surface area contributed by atoms with Gasteiger partial charge in [0.1, 0.15) is 36.6 Å². The van der Waals surface area contributed by atoms with Crippen LogP contribution in [0.15, 0.2) is 67.0 Å². The normalized spacial score (nSPS) is 17.1. The van der Waals surface area contributed by atoms with Gasteiger partial charge < -0.3 is 19.3 Å². The molecule has 0 unspecified atom stereocenters. The lowest BCUT2D eigenvalue weighted by atomic mass is 10.0. The highest BCUT2D eigenvalue weighted by molar-refractivity contribution is 5.38. The molecule has 3 aromatic rings. The third-order valence-electron chi connectivity index (χ3n) is 6.73. The van der Waals surface area contributed by atoms with E-state index in [1.54, 1.807) is 12.4 Å². The molecular formula is C29H35N3O4. The third kappa shape index (κ3) is 6.75. The molecule has 0 bridgehead atoms. The van der Waals surface area contributed by atoms with Gasteiger partial charge in [0.25, 0.3) is 0 Å². The van der Waals surface area contributed by atoms with E-state index in [0.717, 1.165) is 69.4 Å². The predicted molar refractivity (Wildman–Crippen MR) is 138 cm³/mol. The molecule has 0 atom stereocenters. The molecule has 1 saturated heterocycles. The van der Waals surface area contributed by atoms with Crippen molar-refractivity contribution in [2.75, 3.05) is 39.5 Å². The quantitative estimate of drug-likeness (QED) is 0.489. The summed E-state index contributed by atoms with van der Waals surface area (Å²) in [5.41, 5.74) is 3.76. The first-order chi connectivity index (χ1) is 17.7. The molecule has 7 heteroatoms. The van der Waals surface area contributed by atoms with Crippen molar-refractivity contribution in [2.45, 2.75) is 38.6 Å². The van der Waals surface area contributed by atoms with Crippen LogP contribution in [0.5, 0.6) is 17.2 Å². The van der Waals surface area contributed by atoms with Crippen molar-refractivity contribution in [3.05, 3.63) is 83.7 Å². The Labute approximate surface area is 213 Å². The fourth-order valence-electron chi connectivity index (χ4n) is 4.94. The lowest BCUT2D eigenvalue weighted by molar-refractivity contribution is 0.0965. The van der Waals surface area contributed by atoms with Crippen LogP contribution < -0.4 is 14.2 Å². The zero-order valence-electron chi connectivity index (χ0n) is 20.7. The number of pyridine rings is 1. The highest BCUT2D eigenvalue weighted by Crippen LogP contribution is 2.27. The number of nitrogens with zero attached hydrogens (tertiary/aromatic N) is 3. The summed E-state index contributed by atoms with van der Waals surface area (Å²) in [5.74, 6) is 2.64. The van der Waals surface area contributed by atoms with Crippen molar-refractivity contribution < 1.29 is 19.3 Å². The second-order valence-corrected chi connectivity index (χ2v) is 9.50. The minimum absolute atomic E-state index is 0.0179. The Balaban J connectivity index is 1.16. The Hall–Kier alpha value is -3.13. The summed E-state index contributed by atoms with van der Waals surface area (Å²) in [6.45, 7) is 6.56. The van der Waals surface area contributed by atoms with Crippen LogP contribution in [0.25, 0.3) is 0 Å². The van der Waals surface area contributed by atoms with E-state index in [1.165, 1.54) is 16.7 Å².